The first-order chi connectivity index (χ1) is 16.2. The topological polar surface area (TPSA) is 32.7 Å². The van der Waals surface area contributed by atoms with Crippen molar-refractivity contribution >= 4 is 0 Å². The molecule has 1 aliphatic rings. The molecule has 0 radical (unpaired) electrons. The first kappa shape index (κ1) is 28.7. The van der Waals surface area contributed by atoms with Crippen molar-refractivity contribution in [2.75, 3.05) is 20.6 Å². The van der Waals surface area contributed by atoms with Crippen molar-refractivity contribution in [2.24, 2.45) is 17.0 Å². The lowest BCUT2D eigenvalue weighted by atomic mass is 9.70. The van der Waals surface area contributed by atoms with Gasteiger partial charge >= 0.3 is 12.4 Å². The lowest BCUT2D eigenvalue weighted by Gasteiger charge is -2.37. The third kappa shape index (κ3) is 8.59. The Kier molecular flexibility index (Phi) is 9.83. The summed E-state index contributed by atoms with van der Waals surface area (Å²) in [6, 6.07) is 8.06. The van der Waals surface area contributed by atoms with E-state index in [2.05, 4.69) is 31.1 Å². The van der Waals surface area contributed by atoms with E-state index in [4.69, 9.17) is 0 Å². The van der Waals surface area contributed by atoms with Crippen molar-refractivity contribution in [3.8, 4) is 0 Å². The Morgan fingerprint density at radius 1 is 0.914 bits per heavy atom. The molecule has 194 valence electrons. The van der Waals surface area contributed by atoms with E-state index < -0.39 is 35.6 Å². The Morgan fingerprint density at radius 3 is 1.91 bits per heavy atom. The quantitative estimate of drug-likeness (QED) is 0.305. The largest absolute Gasteiger partial charge is 0.416 e. The van der Waals surface area contributed by atoms with Crippen molar-refractivity contribution in [3.05, 3.63) is 75.4 Å². The van der Waals surface area contributed by atoms with Gasteiger partial charge in [-0.3, -0.25) is 0 Å². The molecule has 0 N–H and O–H groups in total. The highest BCUT2D eigenvalue weighted by atomic mass is 19.4. The summed E-state index contributed by atoms with van der Waals surface area (Å²) >= 11 is 0. The number of hydrogen-bond acceptors (Lipinski definition) is 3. The molecule has 0 amide bonds. The van der Waals surface area contributed by atoms with Gasteiger partial charge in [-0.1, -0.05) is 30.7 Å². The average Bonchev–Trinajstić information content (AvgIpc) is 2.75. The van der Waals surface area contributed by atoms with Crippen LogP contribution in [0, 0.1) is 22.6 Å². The first-order valence-corrected chi connectivity index (χ1v) is 11.2. The van der Waals surface area contributed by atoms with Gasteiger partial charge in [-0.15, -0.1) is 0 Å². The molecule has 1 saturated carbocycles. The van der Waals surface area contributed by atoms with Crippen molar-refractivity contribution in [1.82, 2.24) is 4.90 Å². The number of hydrogen-bond donors (Lipinski definition) is 0. The first-order valence-electron chi connectivity index (χ1n) is 11.2. The SMILES string of the molecule is CC1[C@H](CN(C)C)CCC[C@H]1c1ccc(F)cc1.O=NCc1cc(C(F)(F)F)cc(C(F)(F)F)c1. The number of benzene rings is 2. The van der Waals surface area contributed by atoms with Gasteiger partial charge in [0.15, 0.2) is 0 Å². The van der Waals surface area contributed by atoms with Crippen LogP contribution in [0.5, 0.6) is 0 Å². The minimum atomic E-state index is -4.90. The monoisotopic (exact) mass is 506 g/mol. The highest BCUT2D eigenvalue weighted by Crippen LogP contribution is 2.41. The molecule has 3 rings (SSSR count). The zero-order chi connectivity index (χ0) is 26.4. The van der Waals surface area contributed by atoms with Crippen molar-refractivity contribution in [2.45, 2.75) is 51.0 Å². The number of nitroso groups, excluding NO2 is 1. The summed E-state index contributed by atoms with van der Waals surface area (Å²) in [6.45, 7) is 2.78. The molecule has 0 aromatic heterocycles. The maximum Gasteiger partial charge on any atom is 0.416 e. The van der Waals surface area contributed by atoms with Crippen LogP contribution in [-0.2, 0) is 18.9 Å². The van der Waals surface area contributed by atoms with Gasteiger partial charge in [0, 0.05) is 6.54 Å². The highest BCUT2D eigenvalue weighted by Gasteiger charge is 2.37. The summed E-state index contributed by atoms with van der Waals surface area (Å²) in [5.41, 5.74) is -2.02. The van der Waals surface area contributed by atoms with Crippen molar-refractivity contribution in [3.63, 3.8) is 0 Å². The third-order valence-corrected chi connectivity index (χ3v) is 6.26. The standard InChI is InChI=1S/C16H24FN.C9H5F6NO/c1-12-14(11-18(2)3)5-4-6-16(12)13-7-9-15(17)10-8-13;10-8(11,12)6-1-5(4-16-17)2-7(3-6)9(13,14)15/h7-10,12,14,16H,4-6,11H2,1-3H3;1-3H,4H2/t12?,14-,16+;/m0./s1. The normalized spacial score (nSPS) is 20.8. The summed E-state index contributed by atoms with van der Waals surface area (Å²) in [7, 11) is 4.29. The maximum atomic E-state index is 13.0. The summed E-state index contributed by atoms with van der Waals surface area (Å²) in [5, 5.41) is 2.27. The molecule has 2 aromatic rings. The predicted octanol–water partition coefficient (Wildman–Crippen LogP) is 7.90. The molecule has 0 bridgehead atoms. The van der Waals surface area contributed by atoms with Crippen molar-refractivity contribution < 1.29 is 30.7 Å². The smallest absolute Gasteiger partial charge is 0.309 e. The van der Waals surface area contributed by atoms with Crippen LogP contribution in [0.1, 0.15) is 54.4 Å². The number of nitrogens with zero attached hydrogens (tertiary/aromatic N) is 2. The lowest BCUT2D eigenvalue weighted by Crippen LogP contribution is -2.32. The van der Waals surface area contributed by atoms with Gasteiger partial charge in [0.2, 0.25) is 0 Å². The molecule has 1 aliphatic carbocycles. The lowest BCUT2D eigenvalue weighted by molar-refractivity contribution is -0.143. The van der Waals surface area contributed by atoms with Crippen LogP contribution >= 0.6 is 0 Å². The van der Waals surface area contributed by atoms with E-state index in [-0.39, 0.29) is 11.9 Å². The second-order valence-corrected chi connectivity index (χ2v) is 9.17. The zero-order valence-corrected chi connectivity index (χ0v) is 19.8. The molecular weight excluding hydrogens is 477 g/mol. The number of alkyl halides is 6. The molecule has 3 atom stereocenters. The van der Waals surface area contributed by atoms with Gasteiger partial charge in [-0.2, -0.15) is 31.2 Å². The summed E-state index contributed by atoms with van der Waals surface area (Å²) < 4.78 is 86.8. The fourth-order valence-electron chi connectivity index (χ4n) is 4.55. The van der Waals surface area contributed by atoms with E-state index >= 15 is 0 Å². The number of rotatable bonds is 5. The Balaban J connectivity index is 0.000000247. The zero-order valence-electron chi connectivity index (χ0n) is 19.8. The van der Waals surface area contributed by atoms with Gasteiger partial charge in [0.1, 0.15) is 12.4 Å². The molecule has 35 heavy (non-hydrogen) atoms. The average molecular weight is 507 g/mol. The van der Waals surface area contributed by atoms with Crippen LogP contribution in [-0.4, -0.2) is 25.5 Å². The van der Waals surface area contributed by atoms with Gasteiger partial charge in [0.25, 0.3) is 0 Å². The highest BCUT2D eigenvalue weighted by molar-refractivity contribution is 5.33. The molecule has 0 saturated heterocycles. The summed E-state index contributed by atoms with van der Waals surface area (Å²) in [4.78, 5) is 12.2. The van der Waals surface area contributed by atoms with Gasteiger partial charge in [0.05, 0.1) is 11.1 Å². The van der Waals surface area contributed by atoms with E-state index in [1.165, 1.54) is 31.4 Å². The van der Waals surface area contributed by atoms with Crippen molar-refractivity contribution in [1.29, 1.82) is 0 Å². The molecule has 2 aromatic carbocycles. The molecule has 0 spiro atoms. The van der Waals surface area contributed by atoms with Crippen LogP contribution in [0.2, 0.25) is 0 Å². The molecule has 0 heterocycles. The van der Waals surface area contributed by atoms with E-state index in [1.54, 1.807) is 12.1 Å². The molecule has 0 aliphatic heterocycles. The maximum absolute atomic E-state index is 13.0. The van der Waals surface area contributed by atoms with E-state index in [0.717, 1.165) is 5.92 Å². The fraction of sp³-hybridized carbons (Fsp3) is 0.520. The van der Waals surface area contributed by atoms with E-state index in [9.17, 15) is 35.6 Å². The molecule has 10 heteroatoms. The fourth-order valence-corrected chi connectivity index (χ4v) is 4.55. The second kappa shape index (κ2) is 12.0. The van der Waals surface area contributed by atoms with E-state index in [1.807, 2.05) is 12.1 Å². The molecule has 1 fully saturated rings. The Labute approximate surface area is 200 Å². The van der Waals surface area contributed by atoms with Gasteiger partial charge in [-0.25, -0.2) is 4.39 Å². The van der Waals surface area contributed by atoms with E-state index in [0.29, 0.717) is 24.0 Å². The minimum Gasteiger partial charge on any atom is -0.309 e. The predicted molar refractivity (Wildman–Crippen MR) is 120 cm³/mol. The summed E-state index contributed by atoms with van der Waals surface area (Å²) in [6.07, 6.45) is -5.93. The number of halogens is 7. The van der Waals surface area contributed by atoms with Crippen LogP contribution in [0.15, 0.2) is 47.6 Å². The second-order valence-electron chi connectivity index (χ2n) is 9.17. The Morgan fingerprint density at radius 2 is 1.46 bits per heavy atom. The Hall–Kier alpha value is -2.49. The minimum absolute atomic E-state index is 0.00565. The summed E-state index contributed by atoms with van der Waals surface area (Å²) in [5.74, 6) is 1.92. The van der Waals surface area contributed by atoms with Crippen LogP contribution in [0.4, 0.5) is 30.7 Å². The van der Waals surface area contributed by atoms with Crippen LogP contribution in [0.25, 0.3) is 0 Å². The molecular formula is C25H29F7N2O. The Bertz CT molecular complexity index is 924. The molecule has 1 unspecified atom stereocenters. The molecule has 3 nitrogen and oxygen atoms in total. The van der Waals surface area contributed by atoms with Gasteiger partial charge in [-0.05, 0) is 86.1 Å². The van der Waals surface area contributed by atoms with Crippen LogP contribution < -0.4 is 0 Å². The van der Waals surface area contributed by atoms with Gasteiger partial charge < -0.3 is 4.90 Å². The third-order valence-electron chi connectivity index (χ3n) is 6.26. The van der Waals surface area contributed by atoms with Crippen LogP contribution in [0.3, 0.4) is 0 Å².